The molecule has 2 heterocycles. The van der Waals surface area contributed by atoms with Crippen molar-refractivity contribution in [1.29, 1.82) is 0 Å². The van der Waals surface area contributed by atoms with E-state index in [2.05, 4.69) is 25.3 Å². The van der Waals surface area contributed by atoms with Gasteiger partial charge in [-0.2, -0.15) is 15.0 Å². The van der Waals surface area contributed by atoms with Gasteiger partial charge in [-0.25, -0.2) is 4.98 Å². The SMILES string of the molecule is CCC(O)CCNc1nc(Cl)nc(-n2ccnc2)n1. The number of hydrogen-bond acceptors (Lipinski definition) is 6. The van der Waals surface area contributed by atoms with E-state index in [1.807, 2.05) is 6.92 Å². The van der Waals surface area contributed by atoms with E-state index in [-0.39, 0.29) is 11.4 Å². The highest BCUT2D eigenvalue weighted by molar-refractivity contribution is 6.28. The van der Waals surface area contributed by atoms with Crippen LogP contribution in [-0.2, 0) is 0 Å². The first-order valence-corrected chi connectivity index (χ1v) is 6.38. The molecule has 0 saturated carbocycles. The molecule has 102 valence electrons. The maximum atomic E-state index is 9.46. The summed E-state index contributed by atoms with van der Waals surface area (Å²) in [6.45, 7) is 2.50. The topological polar surface area (TPSA) is 88.8 Å². The predicted molar refractivity (Wildman–Crippen MR) is 71.4 cm³/mol. The lowest BCUT2D eigenvalue weighted by Crippen LogP contribution is -2.14. The quantitative estimate of drug-likeness (QED) is 0.830. The lowest BCUT2D eigenvalue weighted by atomic mass is 10.2. The molecule has 2 rings (SSSR count). The lowest BCUT2D eigenvalue weighted by molar-refractivity contribution is 0.164. The van der Waals surface area contributed by atoms with Crippen molar-refractivity contribution in [2.45, 2.75) is 25.9 Å². The van der Waals surface area contributed by atoms with Crippen molar-refractivity contribution >= 4 is 17.5 Å². The van der Waals surface area contributed by atoms with Gasteiger partial charge < -0.3 is 10.4 Å². The molecule has 0 saturated heterocycles. The Morgan fingerprint density at radius 3 is 2.95 bits per heavy atom. The molecule has 2 aromatic heterocycles. The Labute approximate surface area is 115 Å². The Kier molecular flexibility index (Phi) is 4.64. The number of imidazole rings is 1. The molecular formula is C11H15ClN6O. The smallest absolute Gasteiger partial charge is 0.241 e. The Balaban J connectivity index is 2.05. The Morgan fingerprint density at radius 1 is 1.42 bits per heavy atom. The van der Waals surface area contributed by atoms with Crippen LogP contribution in [0.3, 0.4) is 0 Å². The Morgan fingerprint density at radius 2 is 2.26 bits per heavy atom. The van der Waals surface area contributed by atoms with E-state index in [1.54, 1.807) is 23.3 Å². The molecule has 0 aliphatic heterocycles. The van der Waals surface area contributed by atoms with E-state index in [9.17, 15) is 5.11 Å². The molecular weight excluding hydrogens is 268 g/mol. The van der Waals surface area contributed by atoms with Crippen molar-refractivity contribution in [3.05, 3.63) is 24.0 Å². The summed E-state index contributed by atoms with van der Waals surface area (Å²) < 4.78 is 1.64. The van der Waals surface area contributed by atoms with E-state index in [1.165, 1.54) is 0 Å². The van der Waals surface area contributed by atoms with Crippen LogP contribution in [0.2, 0.25) is 5.28 Å². The molecule has 0 spiro atoms. The third-order valence-corrected chi connectivity index (χ3v) is 2.73. The Hall–Kier alpha value is -1.73. The predicted octanol–water partition coefficient (Wildman–Crippen LogP) is 1.28. The summed E-state index contributed by atoms with van der Waals surface area (Å²) in [6.07, 6.45) is 5.95. The van der Waals surface area contributed by atoms with Crippen LogP contribution in [0, 0.1) is 0 Å². The van der Waals surface area contributed by atoms with Gasteiger partial charge in [0.15, 0.2) is 0 Å². The van der Waals surface area contributed by atoms with Gasteiger partial charge in [0.2, 0.25) is 17.2 Å². The molecule has 8 heteroatoms. The Bertz CT molecular complexity index is 518. The van der Waals surface area contributed by atoms with Crippen molar-refractivity contribution in [2.24, 2.45) is 0 Å². The number of nitrogens with zero attached hydrogens (tertiary/aromatic N) is 5. The van der Waals surface area contributed by atoms with Gasteiger partial charge in [-0.1, -0.05) is 6.92 Å². The second kappa shape index (κ2) is 6.44. The molecule has 1 unspecified atom stereocenters. The number of aliphatic hydroxyl groups excluding tert-OH is 1. The zero-order valence-corrected chi connectivity index (χ0v) is 11.2. The first kappa shape index (κ1) is 13.7. The fourth-order valence-corrected chi connectivity index (χ4v) is 1.62. The number of anilines is 1. The molecule has 0 aromatic carbocycles. The van der Waals surface area contributed by atoms with Gasteiger partial charge >= 0.3 is 0 Å². The summed E-state index contributed by atoms with van der Waals surface area (Å²) in [5.74, 6) is 0.781. The number of rotatable bonds is 6. The highest BCUT2D eigenvalue weighted by Crippen LogP contribution is 2.09. The van der Waals surface area contributed by atoms with Gasteiger partial charge in [0.25, 0.3) is 0 Å². The number of nitrogens with one attached hydrogen (secondary N) is 1. The van der Waals surface area contributed by atoms with Gasteiger partial charge in [-0.15, -0.1) is 0 Å². The van der Waals surface area contributed by atoms with Gasteiger partial charge in [-0.05, 0) is 24.4 Å². The maximum absolute atomic E-state index is 9.46. The molecule has 0 radical (unpaired) electrons. The van der Waals surface area contributed by atoms with Crippen molar-refractivity contribution in [1.82, 2.24) is 24.5 Å². The van der Waals surface area contributed by atoms with Crippen LogP contribution in [0.1, 0.15) is 19.8 Å². The van der Waals surface area contributed by atoms with Crippen LogP contribution in [0.15, 0.2) is 18.7 Å². The van der Waals surface area contributed by atoms with E-state index in [0.29, 0.717) is 24.9 Å². The van der Waals surface area contributed by atoms with Crippen LogP contribution in [0.5, 0.6) is 0 Å². The van der Waals surface area contributed by atoms with E-state index in [4.69, 9.17) is 11.6 Å². The molecule has 7 nitrogen and oxygen atoms in total. The average Bonchev–Trinajstić information content (AvgIpc) is 2.91. The third kappa shape index (κ3) is 3.87. The van der Waals surface area contributed by atoms with Crippen molar-refractivity contribution in [2.75, 3.05) is 11.9 Å². The van der Waals surface area contributed by atoms with Crippen LogP contribution in [-0.4, -0.2) is 42.3 Å². The normalized spacial score (nSPS) is 12.4. The fourth-order valence-electron chi connectivity index (χ4n) is 1.47. The van der Waals surface area contributed by atoms with Crippen LogP contribution >= 0.6 is 11.6 Å². The van der Waals surface area contributed by atoms with Crippen molar-refractivity contribution in [3.63, 3.8) is 0 Å². The summed E-state index contributed by atoms with van der Waals surface area (Å²) in [7, 11) is 0. The molecule has 0 aliphatic carbocycles. The minimum absolute atomic E-state index is 0.109. The number of aliphatic hydroxyl groups is 1. The summed E-state index contributed by atoms with van der Waals surface area (Å²) in [5, 5.41) is 12.6. The third-order valence-electron chi connectivity index (χ3n) is 2.56. The zero-order chi connectivity index (χ0) is 13.7. The molecule has 0 aliphatic rings. The molecule has 19 heavy (non-hydrogen) atoms. The van der Waals surface area contributed by atoms with Crippen LogP contribution < -0.4 is 5.32 Å². The monoisotopic (exact) mass is 282 g/mol. The van der Waals surface area contributed by atoms with Gasteiger partial charge in [0, 0.05) is 18.9 Å². The second-order valence-electron chi connectivity index (χ2n) is 3.98. The first-order valence-electron chi connectivity index (χ1n) is 6.01. The summed E-state index contributed by atoms with van der Waals surface area (Å²) in [4.78, 5) is 16.1. The van der Waals surface area contributed by atoms with Crippen LogP contribution in [0.4, 0.5) is 5.95 Å². The average molecular weight is 283 g/mol. The fraction of sp³-hybridized carbons (Fsp3) is 0.455. The summed E-state index contributed by atoms with van der Waals surface area (Å²) >= 11 is 5.85. The highest BCUT2D eigenvalue weighted by Gasteiger charge is 2.07. The standard InChI is InChI=1S/C11H15ClN6O/c1-2-8(19)3-4-14-10-15-9(12)16-11(17-10)18-6-5-13-7-18/h5-8,19H,2-4H2,1H3,(H,14,15,16,17). The zero-order valence-electron chi connectivity index (χ0n) is 10.5. The molecule has 0 amide bonds. The van der Waals surface area contributed by atoms with Gasteiger partial charge in [0.1, 0.15) is 6.33 Å². The maximum Gasteiger partial charge on any atom is 0.241 e. The number of aromatic nitrogens is 5. The van der Waals surface area contributed by atoms with E-state index in [0.717, 1.165) is 6.42 Å². The minimum Gasteiger partial charge on any atom is -0.393 e. The number of hydrogen-bond donors (Lipinski definition) is 2. The largest absolute Gasteiger partial charge is 0.393 e. The van der Waals surface area contributed by atoms with Gasteiger partial charge in [-0.3, -0.25) is 4.57 Å². The highest BCUT2D eigenvalue weighted by atomic mass is 35.5. The summed E-state index contributed by atoms with van der Waals surface area (Å²) in [6, 6.07) is 0. The second-order valence-corrected chi connectivity index (χ2v) is 4.31. The first-order chi connectivity index (χ1) is 9.19. The molecule has 2 N–H and O–H groups in total. The molecule has 0 fully saturated rings. The molecule has 1 atom stereocenters. The molecule has 0 bridgehead atoms. The summed E-state index contributed by atoms with van der Waals surface area (Å²) in [5.41, 5.74) is 0. The minimum atomic E-state index is -0.321. The lowest BCUT2D eigenvalue weighted by Gasteiger charge is -2.09. The number of halogens is 1. The van der Waals surface area contributed by atoms with Crippen molar-refractivity contribution < 1.29 is 5.11 Å². The van der Waals surface area contributed by atoms with E-state index < -0.39 is 0 Å². The van der Waals surface area contributed by atoms with Crippen LogP contribution in [0.25, 0.3) is 5.95 Å². The van der Waals surface area contributed by atoms with Gasteiger partial charge in [0.05, 0.1) is 6.10 Å². The van der Waals surface area contributed by atoms with Crippen molar-refractivity contribution in [3.8, 4) is 5.95 Å². The molecule has 2 aromatic rings. The van der Waals surface area contributed by atoms with E-state index >= 15 is 0 Å².